The number of phenolic OH excluding ortho intramolecular Hbond substituents is 1. The van der Waals surface area contributed by atoms with Gasteiger partial charge in [-0.15, -0.1) is 0 Å². The molecule has 1 aromatic rings. The third kappa shape index (κ3) is 12.4. The van der Waals surface area contributed by atoms with E-state index in [0.717, 1.165) is 12.3 Å². The fourth-order valence-corrected chi connectivity index (χ4v) is 3.89. The molecule has 0 unspecified atom stereocenters. The summed E-state index contributed by atoms with van der Waals surface area (Å²) >= 11 is 0. The zero-order valence-electron chi connectivity index (χ0n) is 17.6. The zero-order valence-corrected chi connectivity index (χ0v) is 17.6. The molecule has 0 radical (unpaired) electrons. The maximum Gasteiger partial charge on any atom is 0.115 e. The number of aryl methyl sites for hydroxylation is 1. The number of rotatable bonds is 17. The minimum Gasteiger partial charge on any atom is -0.508 e. The van der Waals surface area contributed by atoms with Crippen molar-refractivity contribution in [1.29, 1.82) is 0 Å². The van der Waals surface area contributed by atoms with Gasteiger partial charge in [0.1, 0.15) is 5.75 Å². The summed E-state index contributed by atoms with van der Waals surface area (Å²) in [5, 5.41) is 9.44. The van der Waals surface area contributed by atoms with Crippen molar-refractivity contribution < 1.29 is 5.11 Å². The highest BCUT2D eigenvalue weighted by atomic mass is 16.3. The highest BCUT2D eigenvalue weighted by molar-refractivity contribution is 5.25. The lowest BCUT2D eigenvalue weighted by molar-refractivity contribution is 0.380. The van der Waals surface area contributed by atoms with Crippen LogP contribution in [0.5, 0.6) is 5.75 Å². The van der Waals surface area contributed by atoms with Crippen LogP contribution in [0.15, 0.2) is 24.3 Å². The molecule has 0 aliphatic rings. The molecule has 0 amide bonds. The number of unbranched alkanes of at least 4 members (excludes halogenated alkanes) is 10. The van der Waals surface area contributed by atoms with E-state index >= 15 is 0 Å². The predicted molar refractivity (Wildman–Crippen MR) is 116 cm³/mol. The highest BCUT2D eigenvalue weighted by Crippen LogP contribution is 2.24. The summed E-state index contributed by atoms with van der Waals surface area (Å²) in [6, 6.07) is 7.82. The van der Waals surface area contributed by atoms with E-state index in [-0.39, 0.29) is 0 Å². The van der Waals surface area contributed by atoms with Crippen molar-refractivity contribution in [2.45, 2.75) is 117 Å². The molecule has 1 heteroatoms. The second-order valence-corrected chi connectivity index (χ2v) is 8.18. The maximum absolute atomic E-state index is 9.44. The fraction of sp³-hybridized carbons (Fsp3) is 0.760. The van der Waals surface area contributed by atoms with Gasteiger partial charge in [0.05, 0.1) is 0 Å². The molecule has 1 rings (SSSR count). The Hall–Kier alpha value is -0.980. The molecule has 0 fully saturated rings. The molecule has 150 valence electrons. The van der Waals surface area contributed by atoms with Crippen LogP contribution < -0.4 is 0 Å². The third-order valence-electron chi connectivity index (χ3n) is 5.71. The van der Waals surface area contributed by atoms with Gasteiger partial charge in [0.25, 0.3) is 0 Å². The van der Waals surface area contributed by atoms with Gasteiger partial charge in [-0.25, -0.2) is 0 Å². The van der Waals surface area contributed by atoms with Gasteiger partial charge < -0.3 is 5.11 Å². The van der Waals surface area contributed by atoms with Crippen molar-refractivity contribution in [3.8, 4) is 5.75 Å². The van der Waals surface area contributed by atoms with E-state index in [4.69, 9.17) is 0 Å². The molecule has 0 bridgehead atoms. The van der Waals surface area contributed by atoms with E-state index in [1.165, 1.54) is 102 Å². The summed E-state index contributed by atoms with van der Waals surface area (Å²) in [5.41, 5.74) is 1.37. The van der Waals surface area contributed by atoms with E-state index in [9.17, 15) is 5.11 Å². The van der Waals surface area contributed by atoms with E-state index in [0.29, 0.717) is 5.75 Å². The third-order valence-corrected chi connectivity index (χ3v) is 5.71. The van der Waals surface area contributed by atoms with Crippen molar-refractivity contribution in [1.82, 2.24) is 0 Å². The van der Waals surface area contributed by atoms with Crippen LogP contribution in [0.25, 0.3) is 0 Å². The SMILES string of the molecule is CCCCCCCCC(CCCCCCCC)CCc1ccc(O)cc1. The molecular weight excluding hydrogens is 316 g/mol. The topological polar surface area (TPSA) is 20.2 Å². The first-order chi connectivity index (χ1) is 12.8. The van der Waals surface area contributed by atoms with Crippen molar-refractivity contribution in [3.63, 3.8) is 0 Å². The lowest BCUT2D eigenvalue weighted by Crippen LogP contribution is -2.03. The molecule has 0 atom stereocenters. The number of hydrogen-bond donors (Lipinski definition) is 1. The number of aromatic hydroxyl groups is 1. The highest BCUT2D eigenvalue weighted by Gasteiger charge is 2.09. The van der Waals surface area contributed by atoms with Gasteiger partial charge in [0, 0.05) is 0 Å². The summed E-state index contributed by atoms with van der Waals surface area (Å²) in [4.78, 5) is 0. The van der Waals surface area contributed by atoms with Crippen molar-refractivity contribution >= 4 is 0 Å². The van der Waals surface area contributed by atoms with Gasteiger partial charge in [-0.3, -0.25) is 0 Å². The van der Waals surface area contributed by atoms with Gasteiger partial charge >= 0.3 is 0 Å². The second-order valence-electron chi connectivity index (χ2n) is 8.18. The first kappa shape index (κ1) is 23.1. The van der Waals surface area contributed by atoms with Crippen LogP contribution in [0.1, 0.15) is 116 Å². The Morgan fingerprint density at radius 3 is 1.58 bits per heavy atom. The number of benzene rings is 1. The van der Waals surface area contributed by atoms with Crippen LogP contribution >= 0.6 is 0 Å². The smallest absolute Gasteiger partial charge is 0.115 e. The molecule has 0 heterocycles. The molecule has 0 saturated carbocycles. The van der Waals surface area contributed by atoms with Crippen LogP contribution in [0.4, 0.5) is 0 Å². The van der Waals surface area contributed by atoms with Gasteiger partial charge in [-0.2, -0.15) is 0 Å². The molecule has 26 heavy (non-hydrogen) atoms. The van der Waals surface area contributed by atoms with Gasteiger partial charge in [0.15, 0.2) is 0 Å². The molecule has 0 saturated heterocycles. The lowest BCUT2D eigenvalue weighted by atomic mass is 9.89. The molecule has 1 N–H and O–H groups in total. The molecule has 0 aliphatic carbocycles. The quantitative estimate of drug-likeness (QED) is 0.276. The van der Waals surface area contributed by atoms with E-state index in [2.05, 4.69) is 26.0 Å². The Balaban J connectivity index is 2.27. The van der Waals surface area contributed by atoms with E-state index in [1.54, 1.807) is 0 Å². The first-order valence-corrected chi connectivity index (χ1v) is 11.5. The Labute approximate surface area is 163 Å². The fourth-order valence-electron chi connectivity index (χ4n) is 3.89. The molecule has 0 aliphatic heterocycles. The Morgan fingerprint density at radius 2 is 1.08 bits per heavy atom. The van der Waals surface area contributed by atoms with Crippen LogP contribution in [-0.4, -0.2) is 5.11 Å². The van der Waals surface area contributed by atoms with Crippen LogP contribution in [0, 0.1) is 5.92 Å². The van der Waals surface area contributed by atoms with Crippen LogP contribution in [0.2, 0.25) is 0 Å². The largest absolute Gasteiger partial charge is 0.508 e. The normalized spacial score (nSPS) is 11.3. The maximum atomic E-state index is 9.44. The van der Waals surface area contributed by atoms with Gasteiger partial charge in [-0.1, -0.05) is 116 Å². The zero-order chi connectivity index (χ0) is 18.9. The summed E-state index contributed by atoms with van der Waals surface area (Å²) < 4.78 is 0. The van der Waals surface area contributed by atoms with Crippen LogP contribution in [0.3, 0.4) is 0 Å². The summed E-state index contributed by atoms with van der Waals surface area (Å²) in [6.45, 7) is 4.58. The summed E-state index contributed by atoms with van der Waals surface area (Å²) in [7, 11) is 0. The second kappa shape index (κ2) is 16.2. The summed E-state index contributed by atoms with van der Waals surface area (Å²) in [5.74, 6) is 1.27. The Bertz CT molecular complexity index is 393. The minimum absolute atomic E-state index is 0.379. The van der Waals surface area contributed by atoms with Gasteiger partial charge in [-0.05, 0) is 36.5 Å². The first-order valence-electron chi connectivity index (χ1n) is 11.5. The van der Waals surface area contributed by atoms with Crippen LogP contribution in [-0.2, 0) is 6.42 Å². The average Bonchev–Trinajstić information content (AvgIpc) is 2.66. The van der Waals surface area contributed by atoms with Crippen molar-refractivity contribution in [3.05, 3.63) is 29.8 Å². The standard InChI is InChI=1S/C25H44O/c1-3-5-7-9-11-13-15-23(16-14-12-10-8-6-4-2)17-18-24-19-21-25(26)22-20-24/h19-23,26H,3-18H2,1-2H3. The molecular formula is C25H44O. The molecule has 0 spiro atoms. The Morgan fingerprint density at radius 1 is 0.615 bits per heavy atom. The molecule has 1 aromatic carbocycles. The van der Waals surface area contributed by atoms with Crippen molar-refractivity contribution in [2.24, 2.45) is 5.92 Å². The molecule has 0 aromatic heterocycles. The number of hydrogen-bond acceptors (Lipinski definition) is 1. The van der Waals surface area contributed by atoms with Crippen molar-refractivity contribution in [2.75, 3.05) is 0 Å². The van der Waals surface area contributed by atoms with E-state index < -0.39 is 0 Å². The summed E-state index contributed by atoms with van der Waals surface area (Å²) in [6.07, 6.45) is 22.2. The minimum atomic E-state index is 0.379. The average molecular weight is 361 g/mol. The number of phenols is 1. The van der Waals surface area contributed by atoms with E-state index in [1.807, 2.05) is 12.1 Å². The molecule has 1 nitrogen and oxygen atoms in total. The van der Waals surface area contributed by atoms with Gasteiger partial charge in [0.2, 0.25) is 0 Å². The lowest BCUT2D eigenvalue weighted by Gasteiger charge is -2.17. The predicted octanol–water partition coefficient (Wildman–Crippen LogP) is 8.44. The monoisotopic (exact) mass is 360 g/mol. The Kier molecular flexibility index (Phi) is 14.4.